The van der Waals surface area contributed by atoms with E-state index in [0.29, 0.717) is 16.6 Å². The molecule has 1 fully saturated rings. The van der Waals surface area contributed by atoms with Crippen molar-refractivity contribution in [2.45, 2.75) is 38.9 Å². The van der Waals surface area contributed by atoms with Crippen molar-refractivity contribution in [1.29, 1.82) is 0 Å². The van der Waals surface area contributed by atoms with Gasteiger partial charge in [0.1, 0.15) is 0 Å². The van der Waals surface area contributed by atoms with Crippen LogP contribution in [0.3, 0.4) is 0 Å². The van der Waals surface area contributed by atoms with E-state index in [4.69, 9.17) is 15.0 Å². The number of nitrogen functional groups attached to an aromatic ring is 1. The predicted octanol–water partition coefficient (Wildman–Crippen LogP) is 2.27. The molecule has 0 aliphatic carbocycles. The zero-order valence-corrected chi connectivity index (χ0v) is 15.9. The summed E-state index contributed by atoms with van der Waals surface area (Å²) in [6.45, 7) is 7.99. The van der Waals surface area contributed by atoms with Crippen molar-refractivity contribution in [3.05, 3.63) is 58.9 Å². The van der Waals surface area contributed by atoms with E-state index in [0.717, 1.165) is 5.46 Å². The second kappa shape index (κ2) is 5.94. The van der Waals surface area contributed by atoms with Gasteiger partial charge in [0.05, 0.1) is 27.8 Å². The van der Waals surface area contributed by atoms with Gasteiger partial charge in [-0.05, 0) is 57.4 Å². The monoisotopic (exact) mass is 363 g/mol. The molecule has 1 aromatic heterocycles. The number of anilines is 1. The van der Waals surface area contributed by atoms with Crippen molar-refractivity contribution >= 4 is 29.4 Å². The smallest absolute Gasteiger partial charge is 0.399 e. The SMILES string of the molecule is CC1(C)OB(c2ccc3nc(N)n(-c4ccccc4)c(=O)c3c2)OC1(C)C. The van der Waals surface area contributed by atoms with Crippen molar-refractivity contribution < 1.29 is 9.31 Å². The van der Waals surface area contributed by atoms with Gasteiger partial charge in [-0.2, -0.15) is 0 Å². The van der Waals surface area contributed by atoms with Gasteiger partial charge in [-0.25, -0.2) is 9.55 Å². The van der Waals surface area contributed by atoms with Crippen LogP contribution in [0.2, 0.25) is 0 Å². The Labute approximate surface area is 158 Å². The highest BCUT2D eigenvalue weighted by molar-refractivity contribution is 6.62. The fraction of sp³-hybridized carbons (Fsp3) is 0.300. The lowest BCUT2D eigenvalue weighted by Gasteiger charge is -2.32. The van der Waals surface area contributed by atoms with Gasteiger partial charge in [-0.3, -0.25) is 4.79 Å². The summed E-state index contributed by atoms with van der Waals surface area (Å²) in [5.41, 5.74) is 6.94. The van der Waals surface area contributed by atoms with Gasteiger partial charge >= 0.3 is 7.12 Å². The van der Waals surface area contributed by atoms with E-state index in [1.165, 1.54) is 4.57 Å². The number of nitrogens with zero attached hydrogens (tertiary/aromatic N) is 2. The summed E-state index contributed by atoms with van der Waals surface area (Å²) in [6, 6.07) is 14.7. The van der Waals surface area contributed by atoms with E-state index in [1.54, 1.807) is 12.1 Å². The molecule has 1 saturated heterocycles. The zero-order chi connectivity index (χ0) is 19.4. The largest absolute Gasteiger partial charge is 0.494 e. The maximum Gasteiger partial charge on any atom is 0.494 e. The van der Waals surface area contributed by atoms with Crippen molar-refractivity contribution in [3.63, 3.8) is 0 Å². The minimum atomic E-state index is -0.540. The van der Waals surface area contributed by atoms with Crippen LogP contribution in [0.5, 0.6) is 0 Å². The average Bonchev–Trinajstić information content (AvgIpc) is 2.83. The first-order valence-electron chi connectivity index (χ1n) is 8.93. The first kappa shape index (κ1) is 17.8. The third-order valence-electron chi connectivity index (χ3n) is 5.46. The van der Waals surface area contributed by atoms with E-state index >= 15 is 0 Å². The first-order chi connectivity index (χ1) is 12.7. The van der Waals surface area contributed by atoms with Crippen LogP contribution in [0.15, 0.2) is 53.3 Å². The van der Waals surface area contributed by atoms with Crippen LogP contribution in [0.1, 0.15) is 27.7 Å². The van der Waals surface area contributed by atoms with E-state index in [-0.39, 0.29) is 11.5 Å². The number of para-hydroxylation sites is 1. The fourth-order valence-electron chi connectivity index (χ4n) is 3.17. The molecule has 0 atom stereocenters. The molecular weight excluding hydrogens is 341 g/mol. The molecular formula is C20H22BN3O3. The highest BCUT2D eigenvalue weighted by atomic mass is 16.7. The van der Waals surface area contributed by atoms with Crippen molar-refractivity contribution in [2.75, 3.05) is 5.73 Å². The minimum absolute atomic E-state index is 0.155. The third-order valence-corrected chi connectivity index (χ3v) is 5.46. The van der Waals surface area contributed by atoms with Crippen molar-refractivity contribution in [1.82, 2.24) is 9.55 Å². The van der Waals surface area contributed by atoms with Gasteiger partial charge < -0.3 is 15.0 Å². The molecule has 3 aromatic rings. The summed E-state index contributed by atoms with van der Waals surface area (Å²) >= 11 is 0. The van der Waals surface area contributed by atoms with Gasteiger partial charge in [0.15, 0.2) is 0 Å². The van der Waals surface area contributed by atoms with Gasteiger partial charge in [0.2, 0.25) is 5.95 Å². The molecule has 0 bridgehead atoms. The molecule has 4 rings (SSSR count). The Bertz CT molecular complexity index is 1060. The van der Waals surface area contributed by atoms with E-state index in [1.807, 2.05) is 64.1 Å². The average molecular weight is 363 g/mol. The van der Waals surface area contributed by atoms with Crippen LogP contribution >= 0.6 is 0 Å². The van der Waals surface area contributed by atoms with Crippen molar-refractivity contribution in [2.24, 2.45) is 0 Å². The van der Waals surface area contributed by atoms with Crippen LogP contribution in [-0.4, -0.2) is 27.9 Å². The Morgan fingerprint density at radius 2 is 1.63 bits per heavy atom. The van der Waals surface area contributed by atoms with Crippen LogP contribution < -0.4 is 16.8 Å². The molecule has 6 nitrogen and oxygen atoms in total. The summed E-state index contributed by atoms with van der Waals surface area (Å²) in [7, 11) is -0.540. The molecule has 1 aliphatic heterocycles. The molecule has 1 aliphatic rings. The second-order valence-corrected chi connectivity index (χ2v) is 7.81. The van der Waals surface area contributed by atoms with Crippen LogP contribution in [0.25, 0.3) is 16.6 Å². The molecule has 2 N–H and O–H groups in total. The highest BCUT2D eigenvalue weighted by Crippen LogP contribution is 2.36. The summed E-state index contributed by atoms with van der Waals surface area (Å²) in [6.07, 6.45) is 0. The standard InChI is InChI=1S/C20H22BN3O3/c1-19(2)20(3,4)27-21(26-19)13-10-11-16-15(12-13)17(25)24(18(22)23-16)14-8-6-5-7-9-14/h5-12H,1-4H3,(H2,22,23). The van der Waals surface area contributed by atoms with Crippen LogP contribution in [-0.2, 0) is 9.31 Å². The Morgan fingerprint density at radius 3 is 2.26 bits per heavy atom. The quantitative estimate of drug-likeness (QED) is 0.707. The lowest BCUT2D eigenvalue weighted by molar-refractivity contribution is 0.00578. The number of nitrogens with two attached hydrogens (primary N) is 1. The van der Waals surface area contributed by atoms with Gasteiger partial charge in [0.25, 0.3) is 5.56 Å². The molecule has 2 aromatic carbocycles. The molecule has 0 amide bonds. The van der Waals surface area contributed by atoms with Gasteiger partial charge in [0, 0.05) is 0 Å². The highest BCUT2D eigenvalue weighted by Gasteiger charge is 2.51. The van der Waals surface area contributed by atoms with E-state index in [9.17, 15) is 4.79 Å². The Morgan fingerprint density at radius 1 is 1.00 bits per heavy atom. The topological polar surface area (TPSA) is 79.4 Å². The number of hydrogen-bond donors (Lipinski definition) is 1. The predicted molar refractivity (Wildman–Crippen MR) is 107 cm³/mol. The number of aromatic nitrogens is 2. The lowest BCUT2D eigenvalue weighted by Crippen LogP contribution is -2.41. The molecule has 27 heavy (non-hydrogen) atoms. The lowest BCUT2D eigenvalue weighted by atomic mass is 9.78. The summed E-state index contributed by atoms with van der Waals surface area (Å²) in [4.78, 5) is 17.5. The van der Waals surface area contributed by atoms with E-state index in [2.05, 4.69) is 4.98 Å². The molecule has 0 spiro atoms. The molecule has 0 saturated carbocycles. The molecule has 0 unspecified atom stereocenters. The number of fused-ring (bicyclic) bond motifs is 1. The number of rotatable bonds is 2. The Kier molecular flexibility index (Phi) is 3.91. The fourth-order valence-corrected chi connectivity index (χ4v) is 3.17. The second-order valence-electron chi connectivity index (χ2n) is 7.81. The molecule has 138 valence electrons. The maximum absolute atomic E-state index is 13.1. The van der Waals surface area contributed by atoms with Crippen molar-refractivity contribution in [3.8, 4) is 5.69 Å². The zero-order valence-electron chi connectivity index (χ0n) is 15.9. The molecule has 7 heteroatoms. The Balaban J connectivity index is 1.85. The third kappa shape index (κ3) is 2.83. The van der Waals surface area contributed by atoms with Gasteiger partial charge in [-0.15, -0.1) is 0 Å². The Hall–Kier alpha value is -2.64. The minimum Gasteiger partial charge on any atom is -0.399 e. The molecule has 2 heterocycles. The van der Waals surface area contributed by atoms with E-state index < -0.39 is 18.3 Å². The summed E-state index contributed by atoms with van der Waals surface area (Å²) < 4.78 is 13.6. The molecule has 0 radical (unpaired) electrons. The maximum atomic E-state index is 13.1. The number of benzene rings is 2. The normalized spacial score (nSPS) is 18.1. The summed E-state index contributed by atoms with van der Waals surface area (Å²) in [5, 5.41) is 0.472. The van der Waals surface area contributed by atoms with Crippen LogP contribution in [0.4, 0.5) is 5.95 Å². The van der Waals surface area contributed by atoms with Gasteiger partial charge in [-0.1, -0.05) is 24.3 Å². The number of hydrogen-bond acceptors (Lipinski definition) is 5. The summed E-state index contributed by atoms with van der Waals surface area (Å²) in [5.74, 6) is 0.155. The van der Waals surface area contributed by atoms with Crippen LogP contribution in [0, 0.1) is 0 Å². The first-order valence-corrected chi connectivity index (χ1v) is 8.93.